The van der Waals surface area contributed by atoms with Gasteiger partial charge in [0.1, 0.15) is 5.52 Å². The second-order valence-corrected chi connectivity index (χ2v) is 5.64. The molecule has 0 amide bonds. The number of benzene rings is 1. The number of oxazole rings is 1. The van der Waals surface area contributed by atoms with E-state index in [-0.39, 0.29) is 0 Å². The lowest BCUT2D eigenvalue weighted by molar-refractivity contribution is 0.335. The van der Waals surface area contributed by atoms with Crippen LogP contribution in [0.5, 0.6) is 0 Å². The van der Waals surface area contributed by atoms with E-state index >= 15 is 0 Å². The highest BCUT2D eigenvalue weighted by Gasteiger charge is 2.24. The number of piperidine rings is 1. The van der Waals surface area contributed by atoms with Crippen LogP contribution < -0.4 is 5.32 Å². The molecular formula is C14H17ClN2O. The van der Waals surface area contributed by atoms with Crippen LogP contribution in [0.2, 0.25) is 5.02 Å². The van der Waals surface area contributed by atoms with E-state index in [0.29, 0.717) is 12.0 Å². The van der Waals surface area contributed by atoms with Crippen molar-refractivity contribution in [3.05, 3.63) is 28.6 Å². The predicted molar refractivity (Wildman–Crippen MR) is 73.2 cm³/mol. The molecule has 2 heterocycles. The van der Waals surface area contributed by atoms with Crippen molar-refractivity contribution in [2.24, 2.45) is 0 Å². The molecule has 3 nitrogen and oxygen atoms in total. The quantitative estimate of drug-likeness (QED) is 0.854. The molecule has 2 aromatic rings. The highest BCUT2D eigenvalue weighted by Crippen LogP contribution is 2.31. The lowest BCUT2D eigenvalue weighted by Crippen LogP contribution is -2.34. The van der Waals surface area contributed by atoms with Crippen LogP contribution in [0.25, 0.3) is 11.1 Å². The first-order chi connectivity index (χ1) is 8.63. The summed E-state index contributed by atoms with van der Waals surface area (Å²) in [5.41, 5.74) is 2.81. The third kappa shape index (κ3) is 2.13. The molecule has 0 bridgehead atoms. The van der Waals surface area contributed by atoms with Crippen LogP contribution in [0.1, 0.15) is 37.1 Å². The highest BCUT2D eigenvalue weighted by molar-refractivity contribution is 6.31. The number of halogens is 1. The number of rotatable bonds is 1. The molecule has 0 aliphatic carbocycles. The number of nitrogens with one attached hydrogen (secondary N) is 1. The molecule has 1 saturated heterocycles. The minimum atomic E-state index is 0.423. The number of nitrogens with zero attached hydrogens (tertiary/aromatic N) is 1. The smallest absolute Gasteiger partial charge is 0.198 e. The first-order valence-corrected chi connectivity index (χ1v) is 6.81. The van der Waals surface area contributed by atoms with E-state index in [2.05, 4.69) is 17.2 Å². The van der Waals surface area contributed by atoms with Gasteiger partial charge in [-0.1, -0.05) is 11.6 Å². The molecule has 0 radical (unpaired) electrons. The summed E-state index contributed by atoms with van der Waals surface area (Å²) in [6.07, 6.45) is 2.17. The van der Waals surface area contributed by atoms with Gasteiger partial charge in [0, 0.05) is 17.0 Å². The van der Waals surface area contributed by atoms with E-state index < -0.39 is 0 Å². The van der Waals surface area contributed by atoms with E-state index in [1.807, 2.05) is 19.1 Å². The predicted octanol–water partition coefficient (Wildman–Crippen LogP) is 3.65. The fourth-order valence-corrected chi connectivity index (χ4v) is 2.97. The molecule has 1 aliphatic heterocycles. The largest absolute Gasteiger partial charge is 0.440 e. The molecule has 2 unspecified atom stereocenters. The average molecular weight is 265 g/mol. The third-order valence-electron chi connectivity index (χ3n) is 3.63. The van der Waals surface area contributed by atoms with E-state index in [1.54, 1.807) is 0 Å². The molecular weight excluding hydrogens is 248 g/mol. The number of aryl methyl sites for hydroxylation is 1. The van der Waals surface area contributed by atoms with Crippen molar-refractivity contribution in [1.82, 2.24) is 10.3 Å². The van der Waals surface area contributed by atoms with E-state index in [9.17, 15) is 0 Å². The lowest BCUT2D eigenvalue weighted by atomic mass is 9.93. The maximum absolute atomic E-state index is 6.05. The van der Waals surface area contributed by atoms with Crippen molar-refractivity contribution >= 4 is 22.7 Å². The SMILES string of the molecule is Cc1cc(Cl)cc2nc(C3CCNC(C)C3)oc12. The number of fused-ring (bicyclic) bond motifs is 1. The van der Waals surface area contributed by atoms with Gasteiger partial charge in [0.05, 0.1) is 0 Å². The Hall–Kier alpha value is -1.06. The molecule has 18 heavy (non-hydrogen) atoms. The fraction of sp³-hybridized carbons (Fsp3) is 0.500. The van der Waals surface area contributed by atoms with Crippen LogP contribution in [0.4, 0.5) is 0 Å². The van der Waals surface area contributed by atoms with Crippen molar-refractivity contribution in [2.75, 3.05) is 6.54 Å². The van der Waals surface area contributed by atoms with Crippen LogP contribution >= 0.6 is 11.6 Å². The van der Waals surface area contributed by atoms with Crippen LogP contribution in [0.3, 0.4) is 0 Å². The van der Waals surface area contributed by atoms with Gasteiger partial charge in [0.2, 0.25) is 0 Å². The molecule has 1 fully saturated rings. The highest BCUT2D eigenvalue weighted by atomic mass is 35.5. The zero-order valence-electron chi connectivity index (χ0n) is 10.7. The Balaban J connectivity index is 2.00. The minimum Gasteiger partial charge on any atom is -0.440 e. The lowest BCUT2D eigenvalue weighted by Gasteiger charge is -2.25. The Bertz CT molecular complexity index is 578. The van der Waals surface area contributed by atoms with Crippen molar-refractivity contribution in [3.63, 3.8) is 0 Å². The first kappa shape index (κ1) is 12.0. The van der Waals surface area contributed by atoms with Crippen LogP contribution in [-0.2, 0) is 0 Å². The fourth-order valence-electron chi connectivity index (χ4n) is 2.70. The van der Waals surface area contributed by atoms with Crippen molar-refractivity contribution in [1.29, 1.82) is 0 Å². The van der Waals surface area contributed by atoms with Crippen LogP contribution in [0.15, 0.2) is 16.5 Å². The van der Waals surface area contributed by atoms with Crippen LogP contribution in [-0.4, -0.2) is 17.6 Å². The minimum absolute atomic E-state index is 0.423. The van der Waals surface area contributed by atoms with Gasteiger partial charge in [-0.3, -0.25) is 0 Å². The molecule has 4 heteroatoms. The second kappa shape index (κ2) is 4.56. The van der Waals surface area contributed by atoms with E-state index in [0.717, 1.165) is 47.0 Å². The molecule has 1 aromatic carbocycles. The molecule has 1 aliphatic rings. The Kier molecular flexibility index (Phi) is 3.04. The van der Waals surface area contributed by atoms with Gasteiger partial charge in [-0.25, -0.2) is 4.98 Å². The molecule has 0 spiro atoms. The van der Waals surface area contributed by atoms with Crippen molar-refractivity contribution < 1.29 is 4.42 Å². The maximum atomic E-state index is 6.05. The average Bonchev–Trinajstić information content (AvgIpc) is 2.73. The summed E-state index contributed by atoms with van der Waals surface area (Å²) in [5.74, 6) is 1.29. The zero-order valence-corrected chi connectivity index (χ0v) is 11.4. The molecule has 96 valence electrons. The Morgan fingerprint density at radius 1 is 1.44 bits per heavy atom. The Labute approximate surface area is 112 Å². The summed E-state index contributed by atoms with van der Waals surface area (Å²) in [4.78, 5) is 4.61. The topological polar surface area (TPSA) is 38.1 Å². The molecule has 1 aromatic heterocycles. The van der Waals surface area contributed by atoms with Crippen LogP contribution in [0, 0.1) is 6.92 Å². The number of hydrogen-bond acceptors (Lipinski definition) is 3. The summed E-state index contributed by atoms with van der Waals surface area (Å²) in [6, 6.07) is 4.33. The second-order valence-electron chi connectivity index (χ2n) is 5.20. The summed E-state index contributed by atoms with van der Waals surface area (Å²) in [6.45, 7) is 5.25. The van der Waals surface area contributed by atoms with Gasteiger partial charge in [-0.05, 0) is 50.9 Å². The van der Waals surface area contributed by atoms with E-state index in [4.69, 9.17) is 16.0 Å². The van der Waals surface area contributed by atoms with Gasteiger partial charge < -0.3 is 9.73 Å². The van der Waals surface area contributed by atoms with Gasteiger partial charge in [0.25, 0.3) is 0 Å². The number of aromatic nitrogens is 1. The standard InChI is InChI=1S/C14H17ClN2O/c1-8-5-11(15)7-12-13(8)18-14(17-12)10-3-4-16-9(2)6-10/h5,7,9-10,16H,3-4,6H2,1-2H3. The third-order valence-corrected chi connectivity index (χ3v) is 3.85. The van der Waals surface area contributed by atoms with E-state index in [1.165, 1.54) is 0 Å². The number of hydrogen-bond donors (Lipinski definition) is 1. The van der Waals surface area contributed by atoms with Crippen molar-refractivity contribution in [2.45, 2.75) is 38.6 Å². The summed E-state index contributed by atoms with van der Waals surface area (Å²) < 4.78 is 5.94. The molecule has 0 saturated carbocycles. The Morgan fingerprint density at radius 3 is 3.06 bits per heavy atom. The molecule has 1 N–H and O–H groups in total. The summed E-state index contributed by atoms with van der Waals surface area (Å²) >= 11 is 6.05. The van der Waals surface area contributed by atoms with Gasteiger partial charge in [-0.15, -0.1) is 0 Å². The molecule has 3 rings (SSSR count). The summed E-state index contributed by atoms with van der Waals surface area (Å²) in [5, 5.41) is 4.17. The van der Waals surface area contributed by atoms with Gasteiger partial charge >= 0.3 is 0 Å². The van der Waals surface area contributed by atoms with Gasteiger partial charge in [-0.2, -0.15) is 0 Å². The van der Waals surface area contributed by atoms with Gasteiger partial charge in [0.15, 0.2) is 11.5 Å². The zero-order chi connectivity index (χ0) is 12.7. The monoisotopic (exact) mass is 264 g/mol. The summed E-state index contributed by atoms with van der Waals surface area (Å²) in [7, 11) is 0. The van der Waals surface area contributed by atoms with Crippen molar-refractivity contribution in [3.8, 4) is 0 Å². The first-order valence-electron chi connectivity index (χ1n) is 6.43. The maximum Gasteiger partial charge on any atom is 0.198 e. The normalized spacial score (nSPS) is 24.6. The Morgan fingerprint density at radius 2 is 2.28 bits per heavy atom. The molecule has 2 atom stereocenters.